The largest absolute Gasteiger partial charge is 0.346 e. The lowest BCUT2D eigenvalue weighted by Crippen LogP contribution is -2.24. The first-order valence-electron chi connectivity index (χ1n) is 5.53. The van der Waals surface area contributed by atoms with Crippen molar-refractivity contribution in [2.45, 2.75) is 19.9 Å². The molecular weight excluding hydrogens is 270 g/mol. The minimum Gasteiger partial charge on any atom is -0.346 e. The summed E-state index contributed by atoms with van der Waals surface area (Å²) < 4.78 is 0. The first-order chi connectivity index (χ1) is 8.70. The quantitative estimate of drug-likeness (QED) is 0.937. The van der Waals surface area contributed by atoms with E-state index in [-0.39, 0.29) is 16.8 Å². The SMILES string of the molecule is CCc1ccsc1CNC(=O)c1ccc(Cl)nn1. The van der Waals surface area contributed by atoms with Crippen LogP contribution in [0.4, 0.5) is 0 Å². The van der Waals surface area contributed by atoms with Gasteiger partial charge in [0.2, 0.25) is 0 Å². The van der Waals surface area contributed by atoms with E-state index in [1.807, 2.05) is 5.38 Å². The van der Waals surface area contributed by atoms with E-state index < -0.39 is 0 Å². The van der Waals surface area contributed by atoms with Gasteiger partial charge in [-0.2, -0.15) is 0 Å². The van der Waals surface area contributed by atoms with Gasteiger partial charge in [-0.3, -0.25) is 4.79 Å². The van der Waals surface area contributed by atoms with Crippen molar-refractivity contribution in [3.8, 4) is 0 Å². The van der Waals surface area contributed by atoms with Crippen molar-refractivity contribution in [1.82, 2.24) is 15.5 Å². The molecule has 1 amide bonds. The zero-order valence-electron chi connectivity index (χ0n) is 9.81. The molecule has 2 aromatic heterocycles. The first kappa shape index (κ1) is 13.0. The van der Waals surface area contributed by atoms with Crippen LogP contribution in [0.1, 0.15) is 27.9 Å². The molecule has 0 aromatic carbocycles. The van der Waals surface area contributed by atoms with E-state index in [9.17, 15) is 4.79 Å². The number of rotatable bonds is 4. The van der Waals surface area contributed by atoms with Crippen molar-refractivity contribution >= 4 is 28.8 Å². The summed E-state index contributed by atoms with van der Waals surface area (Å²) in [6.07, 6.45) is 0.968. The van der Waals surface area contributed by atoms with Gasteiger partial charge in [-0.1, -0.05) is 18.5 Å². The molecule has 2 rings (SSSR count). The lowest BCUT2D eigenvalue weighted by molar-refractivity contribution is 0.0945. The summed E-state index contributed by atoms with van der Waals surface area (Å²) in [7, 11) is 0. The van der Waals surface area contributed by atoms with Crippen LogP contribution >= 0.6 is 22.9 Å². The number of aryl methyl sites for hydroxylation is 1. The number of hydrogen-bond acceptors (Lipinski definition) is 4. The van der Waals surface area contributed by atoms with Crippen LogP contribution in [-0.4, -0.2) is 16.1 Å². The Morgan fingerprint density at radius 2 is 2.22 bits per heavy atom. The number of nitrogens with one attached hydrogen (secondary N) is 1. The minimum absolute atomic E-state index is 0.241. The Bertz CT molecular complexity index is 539. The Labute approximate surface area is 114 Å². The molecule has 2 heterocycles. The van der Waals surface area contributed by atoms with Crippen LogP contribution < -0.4 is 5.32 Å². The molecule has 0 fully saturated rings. The average Bonchev–Trinajstić information content (AvgIpc) is 2.84. The van der Waals surface area contributed by atoms with Crippen LogP contribution in [0.25, 0.3) is 0 Å². The lowest BCUT2D eigenvalue weighted by atomic mass is 10.2. The number of aromatic nitrogens is 2. The van der Waals surface area contributed by atoms with Crippen molar-refractivity contribution in [1.29, 1.82) is 0 Å². The average molecular weight is 282 g/mol. The molecule has 0 aliphatic carbocycles. The number of carbonyl (C=O) groups is 1. The molecule has 2 aromatic rings. The molecular formula is C12H12ClN3OS. The second kappa shape index (κ2) is 5.93. The van der Waals surface area contributed by atoms with E-state index in [1.165, 1.54) is 10.4 Å². The predicted octanol–water partition coefficient (Wildman–Crippen LogP) is 2.68. The number of halogens is 1. The van der Waals surface area contributed by atoms with E-state index in [1.54, 1.807) is 23.5 Å². The molecule has 0 saturated carbocycles. The van der Waals surface area contributed by atoms with Gasteiger partial charge < -0.3 is 5.32 Å². The third kappa shape index (κ3) is 3.05. The van der Waals surface area contributed by atoms with E-state index >= 15 is 0 Å². The van der Waals surface area contributed by atoms with Gasteiger partial charge in [0, 0.05) is 4.88 Å². The highest BCUT2D eigenvalue weighted by Crippen LogP contribution is 2.17. The smallest absolute Gasteiger partial charge is 0.272 e. The second-order valence-corrected chi connectivity index (χ2v) is 5.03. The number of nitrogens with zero attached hydrogens (tertiary/aromatic N) is 2. The zero-order chi connectivity index (χ0) is 13.0. The van der Waals surface area contributed by atoms with Gasteiger partial charge in [-0.25, -0.2) is 0 Å². The van der Waals surface area contributed by atoms with E-state index in [4.69, 9.17) is 11.6 Å². The Morgan fingerprint density at radius 3 is 2.89 bits per heavy atom. The summed E-state index contributed by atoms with van der Waals surface area (Å²) in [6, 6.07) is 5.18. The van der Waals surface area contributed by atoms with Gasteiger partial charge in [-0.05, 0) is 35.6 Å². The van der Waals surface area contributed by atoms with Crippen molar-refractivity contribution < 1.29 is 4.79 Å². The molecule has 0 aliphatic rings. The molecule has 18 heavy (non-hydrogen) atoms. The molecule has 0 saturated heterocycles. The summed E-state index contributed by atoms with van der Waals surface area (Å²) in [5.74, 6) is -0.241. The first-order valence-corrected chi connectivity index (χ1v) is 6.79. The topological polar surface area (TPSA) is 54.9 Å². The van der Waals surface area contributed by atoms with Gasteiger partial charge in [0.05, 0.1) is 6.54 Å². The van der Waals surface area contributed by atoms with Crippen molar-refractivity contribution in [2.75, 3.05) is 0 Å². The normalized spacial score (nSPS) is 10.3. The highest BCUT2D eigenvalue weighted by Gasteiger charge is 2.09. The molecule has 0 radical (unpaired) electrons. The molecule has 6 heteroatoms. The standard InChI is InChI=1S/C12H12ClN3OS/c1-2-8-5-6-18-10(8)7-14-12(17)9-3-4-11(13)16-15-9/h3-6H,2,7H2,1H3,(H,14,17). The second-order valence-electron chi connectivity index (χ2n) is 3.65. The van der Waals surface area contributed by atoms with Crippen LogP contribution in [-0.2, 0) is 13.0 Å². The number of carbonyl (C=O) groups excluding carboxylic acids is 1. The number of amides is 1. The molecule has 0 atom stereocenters. The highest BCUT2D eigenvalue weighted by atomic mass is 35.5. The van der Waals surface area contributed by atoms with Crippen molar-refractivity contribution in [3.05, 3.63) is 44.9 Å². The van der Waals surface area contributed by atoms with Crippen LogP contribution in [0.2, 0.25) is 5.15 Å². The molecule has 0 aliphatic heterocycles. The maximum Gasteiger partial charge on any atom is 0.272 e. The molecule has 0 bridgehead atoms. The van der Waals surface area contributed by atoms with Gasteiger partial charge in [0.1, 0.15) is 0 Å². The predicted molar refractivity (Wildman–Crippen MR) is 71.9 cm³/mol. The van der Waals surface area contributed by atoms with Crippen molar-refractivity contribution in [2.24, 2.45) is 0 Å². The molecule has 1 N–H and O–H groups in total. The number of thiophene rings is 1. The summed E-state index contributed by atoms with van der Waals surface area (Å²) in [5.41, 5.74) is 1.54. The number of hydrogen-bond donors (Lipinski definition) is 1. The lowest BCUT2D eigenvalue weighted by Gasteiger charge is -2.04. The third-order valence-corrected chi connectivity index (χ3v) is 3.66. The van der Waals surface area contributed by atoms with Gasteiger partial charge in [0.15, 0.2) is 10.8 Å². The Morgan fingerprint density at radius 1 is 1.39 bits per heavy atom. The van der Waals surface area contributed by atoms with Crippen molar-refractivity contribution in [3.63, 3.8) is 0 Å². The Kier molecular flexibility index (Phi) is 4.28. The maximum absolute atomic E-state index is 11.8. The van der Waals surface area contributed by atoms with Gasteiger partial charge in [0.25, 0.3) is 5.91 Å². The Balaban J connectivity index is 1.98. The molecule has 0 spiro atoms. The third-order valence-electron chi connectivity index (χ3n) is 2.49. The van der Waals surface area contributed by atoms with Gasteiger partial charge in [-0.15, -0.1) is 21.5 Å². The van der Waals surface area contributed by atoms with E-state index in [0.29, 0.717) is 6.54 Å². The van der Waals surface area contributed by atoms with E-state index in [2.05, 4.69) is 28.5 Å². The molecule has 4 nitrogen and oxygen atoms in total. The minimum atomic E-state index is -0.241. The maximum atomic E-state index is 11.8. The monoisotopic (exact) mass is 281 g/mol. The summed E-state index contributed by atoms with van der Waals surface area (Å²) in [4.78, 5) is 13.0. The summed E-state index contributed by atoms with van der Waals surface area (Å²) in [6.45, 7) is 2.61. The highest BCUT2D eigenvalue weighted by molar-refractivity contribution is 7.10. The van der Waals surface area contributed by atoms with Crippen LogP contribution in [0.5, 0.6) is 0 Å². The summed E-state index contributed by atoms with van der Waals surface area (Å²) >= 11 is 7.25. The summed E-state index contributed by atoms with van der Waals surface area (Å²) in [5, 5.41) is 12.5. The molecule has 0 unspecified atom stereocenters. The fourth-order valence-electron chi connectivity index (χ4n) is 1.53. The molecule has 94 valence electrons. The zero-order valence-corrected chi connectivity index (χ0v) is 11.4. The van der Waals surface area contributed by atoms with Crippen LogP contribution in [0, 0.1) is 0 Å². The van der Waals surface area contributed by atoms with Crippen LogP contribution in [0.3, 0.4) is 0 Å². The van der Waals surface area contributed by atoms with Crippen LogP contribution in [0.15, 0.2) is 23.6 Å². The fourth-order valence-corrected chi connectivity index (χ4v) is 2.54. The fraction of sp³-hybridized carbons (Fsp3) is 0.250. The Hall–Kier alpha value is -1.46. The van der Waals surface area contributed by atoms with E-state index in [0.717, 1.165) is 6.42 Å². The van der Waals surface area contributed by atoms with Gasteiger partial charge >= 0.3 is 0 Å².